The molecule has 1 saturated carbocycles. The van der Waals surface area contributed by atoms with E-state index >= 15 is 0 Å². The van der Waals surface area contributed by atoms with Crippen molar-refractivity contribution in [1.82, 2.24) is 15.1 Å². The van der Waals surface area contributed by atoms with Gasteiger partial charge in [-0.3, -0.25) is 9.89 Å². The van der Waals surface area contributed by atoms with Gasteiger partial charge in [-0.1, -0.05) is 6.92 Å². The second-order valence-corrected chi connectivity index (χ2v) is 7.00. The zero-order chi connectivity index (χ0) is 14.2. The van der Waals surface area contributed by atoms with Crippen molar-refractivity contribution in [1.29, 1.82) is 0 Å². The highest BCUT2D eigenvalue weighted by Crippen LogP contribution is 2.30. The van der Waals surface area contributed by atoms with Crippen LogP contribution in [0.1, 0.15) is 42.9 Å². The van der Waals surface area contributed by atoms with Gasteiger partial charge in [-0.2, -0.15) is 5.10 Å². The molecule has 1 aromatic rings. The molecule has 0 spiro atoms. The SMILES string of the molecule is CCc1[nH]nc(C(=O)N(CC)C2CC2)c1S(=O)(=O)Cl. The maximum absolute atomic E-state index is 12.4. The fourth-order valence-corrected chi connectivity index (χ4v) is 3.45. The summed E-state index contributed by atoms with van der Waals surface area (Å²) in [6.07, 6.45) is 2.32. The Morgan fingerprint density at radius 3 is 2.53 bits per heavy atom. The Morgan fingerprint density at radius 2 is 2.11 bits per heavy atom. The summed E-state index contributed by atoms with van der Waals surface area (Å²) in [7, 11) is 1.42. The van der Waals surface area contributed by atoms with E-state index in [4.69, 9.17) is 10.7 Å². The van der Waals surface area contributed by atoms with Gasteiger partial charge in [0, 0.05) is 23.3 Å². The molecule has 6 nitrogen and oxygen atoms in total. The average Bonchev–Trinajstić information content (AvgIpc) is 3.06. The first-order valence-electron chi connectivity index (χ1n) is 6.23. The normalized spacial score (nSPS) is 15.5. The van der Waals surface area contributed by atoms with E-state index in [9.17, 15) is 13.2 Å². The van der Waals surface area contributed by atoms with Crippen LogP contribution in [0.4, 0.5) is 0 Å². The summed E-state index contributed by atoms with van der Waals surface area (Å²) in [5.74, 6) is -0.375. The first kappa shape index (κ1) is 14.3. The third-order valence-electron chi connectivity index (χ3n) is 3.18. The monoisotopic (exact) mass is 305 g/mol. The van der Waals surface area contributed by atoms with Crippen LogP contribution in [0.15, 0.2) is 4.90 Å². The van der Waals surface area contributed by atoms with E-state index in [1.807, 2.05) is 6.92 Å². The minimum Gasteiger partial charge on any atom is -0.335 e. The van der Waals surface area contributed by atoms with Gasteiger partial charge < -0.3 is 4.90 Å². The molecule has 1 N–H and O–H groups in total. The van der Waals surface area contributed by atoms with Crippen molar-refractivity contribution in [3.05, 3.63) is 11.4 Å². The fraction of sp³-hybridized carbons (Fsp3) is 0.636. The topological polar surface area (TPSA) is 83.1 Å². The molecule has 0 aliphatic heterocycles. The smallest absolute Gasteiger partial charge is 0.276 e. The molecule has 0 unspecified atom stereocenters. The Bertz CT molecular complexity index is 592. The van der Waals surface area contributed by atoms with E-state index in [1.165, 1.54) is 0 Å². The second kappa shape index (κ2) is 5.13. The van der Waals surface area contributed by atoms with E-state index in [1.54, 1.807) is 11.8 Å². The first-order chi connectivity index (χ1) is 8.90. The fourth-order valence-electron chi connectivity index (χ4n) is 2.10. The zero-order valence-electron chi connectivity index (χ0n) is 10.8. The third-order valence-corrected chi connectivity index (χ3v) is 4.57. The Labute approximate surface area is 116 Å². The number of aromatic amines is 1. The standard InChI is InChI=1S/C11H16ClN3O3S/c1-3-8-10(19(12,17)18)9(14-13-8)11(16)15(4-2)7-5-6-7/h7H,3-6H2,1-2H3,(H,13,14). The first-order valence-corrected chi connectivity index (χ1v) is 8.53. The molecule has 0 saturated heterocycles. The number of carbonyl (C=O) groups excluding carboxylic acids is 1. The number of nitrogens with one attached hydrogen (secondary N) is 1. The highest BCUT2D eigenvalue weighted by Gasteiger charge is 2.36. The van der Waals surface area contributed by atoms with Crippen LogP contribution in [0.5, 0.6) is 0 Å². The number of amides is 1. The van der Waals surface area contributed by atoms with Crippen LogP contribution in [0.25, 0.3) is 0 Å². The number of hydrogen-bond acceptors (Lipinski definition) is 4. The molecule has 0 radical (unpaired) electrons. The van der Waals surface area contributed by atoms with Crippen molar-refractivity contribution < 1.29 is 13.2 Å². The van der Waals surface area contributed by atoms with E-state index < -0.39 is 9.05 Å². The molecule has 0 bridgehead atoms. The van der Waals surface area contributed by atoms with Gasteiger partial charge in [0.25, 0.3) is 15.0 Å². The summed E-state index contributed by atoms with van der Waals surface area (Å²) in [6, 6.07) is 0.199. The van der Waals surface area contributed by atoms with Crippen LogP contribution in [-0.4, -0.2) is 42.0 Å². The quantitative estimate of drug-likeness (QED) is 0.836. The number of hydrogen-bond donors (Lipinski definition) is 1. The van der Waals surface area contributed by atoms with Gasteiger partial charge >= 0.3 is 0 Å². The van der Waals surface area contributed by atoms with Gasteiger partial charge in [0.1, 0.15) is 4.90 Å². The van der Waals surface area contributed by atoms with Crippen LogP contribution in [0, 0.1) is 0 Å². The lowest BCUT2D eigenvalue weighted by Gasteiger charge is -2.19. The number of H-pyrrole nitrogens is 1. The Balaban J connectivity index is 2.45. The predicted molar refractivity (Wildman–Crippen MR) is 70.7 cm³/mol. The summed E-state index contributed by atoms with van der Waals surface area (Å²) in [6.45, 7) is 4.16. The van der Waals surface area contributed by atoms with Crippen LogP contribution in [-0.2, 0) is 15.5 Å². The van der Waals surface area contributed by atoms with Crippen LogP contribution in [0.3, 0.4) is 0 Å². The molecular weight excluding hydrogens is 290 g/mol. The average molecular weight is 306 g/mol. The molecule has 8 heteroatoms. The summed E-state index contributed by atoms with van der Waals surface area (Å²) < 4.78 is 23.3. The lowest BCUT2D eigenvalue weighted by Crippen LogP contribution is -2.33. The maximum atomic E-state index is 12.4. The van der Waals surface area contributed by atoms with Crippen LogP contribution >= 0.6 is 10.7 Å². The minimum absolute atomic E-state index is 0.0967. The molecule has 19 heavy (non-hydrogen) atoms. The van der Waals surface area contributed by atoms with Gasteiger partial charge in [0.2, 0.25) is 0 Å². The van der Waals surface area contributed by atoms with Gasteiger partial charge in [-0.15, -0.1) is 0 Å². The lowest BCUT2D eigenvalue weighted by atomic mass is 10.2. The number of aromatic nitrogens is 2. The molecule has 0 atom stereocenters. The predicted octanol–water partition coefficient (Wildman–Crippen LogP) is 1.52. The highest BCUT2D eigenvalue weighted by molar-refractivity contribution is 8.13. The summed E-state index contributed by atoms with van der Waals surface area (Å²) in [5, 5.41) is 6.44. The largest absolute Gasteiger partial charge is 0.335 e. The van der Waals surface area contributed by atoms with Crippen molar-refractivity contribution in [2.75, 3.05) is 6.54 Å². The number of carbonyl (C=O) groups is 1. The zero-order valence-corrected chi connectivity index (χ0v) is 12.4. The molecule has 1 aliphatic carbocycles. The van der Waals surface area contributed by atoms with E-state index in [-0.39, 0.29) is 22.5 Å². The van der Waals surface area contributed by atoms with E-state index in [0.29, 0.717) is 18.7 Å². The van der Waals surface area contributed by atoms with Gasteiger partial charge in [-0.05, 0) is 26.2 Å². The van der Waals surface area contributed by atoms with Crippen molar-refractivity contribution in [3.8, 4) is 0 Å². The molecule has 1 aliphatic rings. The minimum atomic E-state index is -3.99. The number of halogens is 1. The molecular formula is C11H16ClN3O3S. The van der Waals surface area contributed by atoms with Crippen LogP contribution < -0.4 is 0 Å². The van der Waals surface area contributed by atoms with E-state index in [2.05, 4.69) is 10.2 Å². The Kier molecular flexibility index (Phi) is 3.87. The summed E-state index contributed by atoms with van der Waals surface area (Å²) >= 11 is 0. The number of nitrogens with zero attached hydrogens (tertiary/aromatic N) is 2. The lowest BCUT2D eigenvalue weighted by molar-refractivity contribution is 0.0742. The Hall–Kier alpha value is -1.08. The van der Waals surface area contributed by atoms with Crippen molar-refractivity contribution in [3.63, 3.8) is 0 Å². The molecule has 1 aromatic heterocycles. The van der Waals surface area contributed by atoms with Crippen LogP contribution in [0.2, 0.25) is 0 Å². The Morgan fingerprint density at radius 1 is 1.47 bits per heavy atom. The molecule has 1 heterocycles. The van der Waals surface area contributed by atoms with Gasteiger partial charge in [-0.25, -0.2) is 8.42 Å². The molecule has 1 amide bonds. The molecule has 2 rings (SSSR count). The van der Waals surface area contributed by atoms with Crippen molar-refractivity contribution in [2.24, 2.45) is 0 Å². The molecule has 0 aromatic carbocycles. The maximum Gasteiger partial charge on any atom is 0.276 e. The summed E-state index contributed by atoms with van der Waals surface area (Å²) in [4.78, 5) is 13.8. The van der Waals surface area contributed by atoms with Crippen molar-refractivity contribution in [2.45, 2.75) is 44.0 Å². The summed E-state index contributed by atoms with van der Waals surface area (Å²) in [5.41, 5.74) is 0.269. The number of aryl methyl sites for hydroxylation is 1. The number of rotatable bonds is 5. The molecule has 1 fully saturated rings. The highest BCUT2D eigenvalue weighted by atomic mass is 35.7. The third kappa shape index (κ3) is 2.76. The van der Waals surface area contributed by atoms with Gasteiger partial charge in [0.15, 0.2) is 5.69 Å². The molecule has 106 valence electrons. The second-order valence-electron chi connectivity index (χ2n) is 4.49. The van der Waals surface area contributed by atoms with Crippen molar-refractivity contribution >= 4 is 25.6 Å². The van der Waals surface area contributed by atoms with Gasteiger partial charge in [0.05, 0.1) is 5.69 Å². The van der Waals surface area contributed by atoms with E-state index in [0.717, 1.165) is 12.8 Å².